The molecule has 0 saturated heterocycles. The molecule has 0 radical (unpaired) electrons. The van der Waals surface area contributed by atoms with Crippen molar-refractivity contribution in [2.24, 2.45) is 0 Å². The van der Waals surface area contributed by atoms with Crippen molar-refractivity contribution >= 4 is 11.9 Å². The maximum Gasteiger partial charge on any atom is 0.338 e. The summed E-state index contributed by atoms with van der Waals surface area (Å²) >= 11 is 0. The summed E-state index contributed by atoms with van der Waals surface area (Å²) in [4.78, 5) is 17.4. The second-order valence-electron chi connectivity index (χ2n) is 7.60. The first-order valence-electron chi connectivity index (χ1n) is 11.1. The lowest BCUT2D eigenvalue weighted by molar-refractivity contribution is -0.139. The third kappa shape index (κ3) is 4.69. The van der Waals surface area contributed by atoms with Crippen LogP contribution in [0.5, 0.6) is 11.5 Å². The van der Waals surface area contributed by atoms with Gasteiger partial charge in [0.2, 0.25) is 5.95 Å². The van der Waals surface area contributed by atoms with Crippen LogP contribution >= 0.6 is 0 Å². The second-order valence-corrected chi connectivity index (χ2v) is 7.60. The Labute approximate surface area is 193 Å². The molecule has 3 aromatic rings. The highest BCUT2D eigenvalue weighted by atomic mass is 16.5. The van der Waals surface area contributed by atoms with Gasteiger partial charge < -0.3 is 19.5 Å². The van der Waals surface area contributed by atoms with Crippen molar-refractivity contribution in [1.29, 1.82) is 0 Å². The molecule has 1 aliphatic rings. The van der Waals surface area contributed by atoms with E-state index < -0.39 is 6.04 Å². The van der Waals surface area contributed by atoms with E-state index in [2.05, 4.69) is 22.3 Å². The molecule has 0 fully saturated rings. The van der Waals surface area contributed by atoms with Crippen molar-refractivity contribution in [3.05, 3.63) is 77.3 Å². The van der Waals surface area contributed by atoms with Gasteiger partial charge in [-0.3, -0.25) is 0 Å². The van der Waals surface area contributed by atoms with Crippen LogP contribution in [0.2, 0.25) is 0 Å². The summed E-state index contributed by atoms with van der Waals surface area (Å²) in [6.07, 6.45) is 3.02. The minimum absolute atomic E-state index is 0.286. The molecule has 33 heavy (non-hydrogen) atoms. The fourth-order valence-corrected chi connectivity index (χ4v) is 3.93. The van der Waals surface area contributed by atoms with Gasteiger partial charge in [-0.2, -0.15) is 10.1 Å². The number of methoxy groups -OCH3 is 1. The number of carbonyl (C=O) groups is 1. The molecule has 2 aromatic carbocycles. The lowest BCUT2D eigenvalue weighted by Crippen LogP contribution is -2.30. The van der Waals surface area contributed by atoms with Gasteiger partial charge in [-0.05, 0) is 36.6 Å². The SMILES string of the molecule is CCCC1=C(C(=O)OCC)[C@H](c2ccc(OCc3ccccc3)c(OC)c2)n2ncnc2N1. The zero-order chi connectivity index (χ0) is 23.2. The Bertz CT molecular complexity index is 1140. The van der Waals surface area contributed by atoms with Gasteiger partial charge in [0, 0.05) is 5.70 Å². The smallest absolute Gasteiger partial charge is 0.338 e. The Balaban J connectivity index is 1.72. The highest BCUT2D eigenvalue weighted by Gasteiger charge is 2.35. The largest absolute Gasteiger partial charge is 0.493 e. The molecule has 4 rings (SSSR count). The molecule has 1 atom stereocenters. The molecule has 0 unspecified atom stereocenters. The average Bonchev–Trinajstić information content (AvgIpc) is 3.31. The fourth-order valence-electron chi connectivity index (χ4n) is 3.93. The highest BCUT2D eigenvalue weighted by Crippen LogP contribution is 2.39. The summed E-state index contributed by atoms with van der Waals surface area (Å²) in [7, 11) is 1.60. The van der Waals surface area contributed by atoms with E-state index in [0.29, 0.717) is 36.0 Å². The third-order valence-corrected chi connectivity index (χ3v) is 5.41. The Kier molecular flexibility index (Phi) is 6.92. The van der Waals surface area contributed by atoms with Gasteiger partial charge in [0.05, 0.1) is 19.3 Å². The molecule has 8 heteroatoms. The molecule has 0 aliphatic carbocycles. The molecule has 0 spiro atoms. The summed E-state index contributed by atoms with van der Waals surface area (Å²) in [5.74, 6) is 1.40. The quantitative estimate of drug-likeness (QED) is 0.482. The first-order valence-corrected chi connectivity index (χ1v) is 11.1. The molecule has 1 aromatic heterocycles. The zero-order valence-electron chi connectivity index (χ0n) is 19.1. The normalized spacial score (nSPS) is 14.9. The van der Waals surface area contributed by atoms with Crippen molar-refractivity contribution in [1.82, 2.24) is 14.8 Å². The van der Waals surface area contributed by atoms with Crippen LogP contribution in [-0.2, 0) is 16.1 Å². The number of nitrogens with one attached hydrogen (secondary N) is 1. The Hall–Kier alpha value is -3.81. The van der Waals surface area contributed by atoms with E-state index in [1.807, 2.05) is 48.5 Å². The number of carbonyl (C=O) groups excluding carboxylic acids is 1. The Morgan fingerprint density at radius 1 is 1.12 bits per heavy atom. The number of hydrogen-bond acceptors (Lipinski definition) is 7. The van der Waals surface area contributed by atoms with Gasteiger partial charge in [0.1, 0.15) is 19.0 Å². The van der Waals surface area contributed by atoms with Crippen LogP contribution in [0.15, 0.2) is 66.1 Å². The highest BCUT2D eigenvalue weighted by molar-refractivity contribution is 5.92. The molecular formula is C25H28N4O4. The van der Waals surface area contributed by atoms with E-state index >= 15 is 0 Å². The standard InChI is InChI=1S/C25H28N4O4/c1-4-9-19-22(24(30)32-5-2)23(29-25(28-19)26-16-27-29)18-12-13-20(21(14-18)31-3)33-15-17-10-7-6-8-11-17/h6-8,10-14,16,23H,4-5,9,15H2,1-3H3,(H,26,27,28)/t23-/m0/s1. The van der Waals surface area contributed by atoms with Crippen molar-refractivity contribution in [2.45, 2.75) is 39.3 Å². The first kappa shape index (κ1) is 22.4. The van der Waals surface area contributed by atoms with Crippen LogP contribution in [0.1, 0.15) is 43.9 Å². The van der Waals surface area contributed by atoms with E-state index in [1.54, 1.807) is 18.7 Å². The van der Waals surface area contributed by atoms with Gasteiger partial charge in [-0.1, -0.05) is 49.7 Å². The minimum atomic E-state index is -0.499. The summed E-state index contributed by atoms with van der Waals surface area (Å²) in [6, 6.07) is 15.1. The molecule has 1 aliphatic heterocycles. The number of allylic oxidation sites excluding steroid dienone is 1. The summed E-state index contributed by atoms with van der Waals surface area (Å²) in [5, 5.41) is 7.64. The van der Waals surface area contributed by atoms with Crippen molar-refractivity contribution in [3.63, 3.8) is 0 Å². The van der Waals surface area contributed by atoms with Crippen LogP contribution < -0.4 is 14.8 Å². The fraction of sp³-hybridized carbons (Fsp3) is 0.320. The van der Waals surface area contributed by atoms with Crippen LogP contribution in [0.3, 0.4) is 0 Å². The second kappa shape index (κ2) is 10.2. The van der Waals surface area contributed by atoms with Gasteiger partial charge >= 0.3 is 5.97 Å². The minimum Gasteiger partial charge on any atom is -0.493 e. The lowest BCUT2D eigenvalue weighted by atomic mass is 9.93. The molecule has 0 saturated carbocycles. The van der Waals surface area contributed by atoms with Gasteiger partial charge in [-0.15, -0.1) is 0 Å². The molecule has 0 amide bonds. The summed E-state index contributed by atoms with van der Waals surface area (Å²) in [5.41, 5.74) is 3.20. The van der Waals surface area contributed by atoms with Crippen LogP contribution in [0.4, 0.5) is 5.95 Å². The van der Waals surface area contributed by atoms with Crippen LogP contribution in [0.25, 0.3) is 0 Å². The van der Waals surface area contributed by atoms with E-state index in [-0.39, 0.29) is 12.6 Å². The number of ether oxygens (including phenoxy) is 3. The molecule has 1 N–H and O–H groups in total. The Morgan fingerprint density at radius 2 is 1.94 bits per heavy atom. The number of esters is 1. The predicted octanol–water partition coefficient (Wildman–Crippen LogP) is 4.50. The van der Waals surface area contributed by atoms with Crippen molar-refractivity contribution in [3.8, 4) is 11.5 Å². The topological polar surface area (TPSA) is 87.5 Å². The average molecular weight is 449 g/mol. The number of fused-ring (bicyclic) bond motifs is 1. The molecule has 0 bridgehead atoms. The van der Waals surface area contributed by atoms with E-state index in [9.17, 15) is 4.79 Å². The summed E-state index contributed by atoms with van der Waals surface area (Å²) < 4.78 is 18.8. The maximum atomic E-state index is 13.0. The van der Waals surface area contributed by atoms with Gasteiger partial charge in [-0.25, -0.2) is 9.48 Å². The predicted molar refractivity (Wildman–Crippen MR) is 124 cm³/mol. The van der Waals surface area contributed by atoms with Crippen molar-refractivity contribution < 1.29 is 19.0 Å². The number of benzene rings is 2. The van der Waals surface area contributed by atoms with E-state index in [0.717, 1.165) is 23.2 Å². The number of aromatic nitrogens is 3. The van der Waals surface area contributed by atoms with E-state index in [1.165, 1.54) is 6.33 Å². The van der Waals surface area contributed by atoms with Crippen LogP contribution in [-0.4, -0.2) is 34.5 Å². The molecular weight excluding hydrogens is 420 g/mol. The first-order chi connectivity index (χ1) is 16.2. The molecule has 8 nitrogen and oxygen atoms in total. The maximum absolute atomic E-state index is 13.0. The number of nitrogens with zero attached hydrogens (tertiary/aromatic N) is 3. The number of hydrogen-bond donors (Lipinski definition) is 1. The molecule has 2 heterocycles. The monoisotopic (exact) mass is 448 g/mol. The number of anilines is 1. The van der Waals surface area contributed by atoms with Gasteiger partial charge in [0.15, 0.2) is 11.5 Å². The lowest BCUT2D eigenvalue weighted by Gasteiger charge is -2.29. The van der Waals surface area contributed by atoms with E-state index in [4.69, 9.17) is 14.2 Å². The zero-order valence-corrected chi connectivity index (χ0v) is 19.1. The Morgan fingerprint density at radius 3 is 2.67 bits per heavy atom. The van der Waals surface area contributed by atoms with Gasteiger partial charge in [0.25, 0.3) is 0 Å². The number of rotatable bonds is 9. The van der Waals surface area contributed by atoms with Crippen LogP contribution in [0, 0.1) is 0 Å². The molecule has 172 valence electrons. The van der Waals surface area contributed by atoms with Crippen molar-refractivity contribution in [2.75, 3.05) is 19.0 Å². The third-order valence-electron chi connectivity index (χ3n) is 5.41. The summed E-state index contributed by atoms with van der Waals surface area (Å²) in [6.45, 7) is 4.57.